The molecule has 2 N–H and O–H groups in total. The van der Waals surface area contributed by atoms with Gasteiger partial charge in [-0.15, -0.1) is 0 Å². The maximum atomic E-state index is 12.7. The van der Waals surface area contributed by atoms with Crippen LogP contribution in [0, 0.1) is 0 Å². The summed E-state index contributed by atoms with van der Waals surface area (Å²) in [4.78, 5) is 17.4. The van der Waals surface area contributed by atoms with E-state index in [1.807, 2.05) is 84.9 Å². The number of rotatable bonds is 4. The summed E-state index contributed by atoms with van der Waals surface area (Å²) >= 11 is 5.39. The SMILES string of the molecule is O=C(NC(=S)Nc1ccc2oc(-c3cccc4ccccc34)nc2c1)c1ccc(-c2ccccc2)cc1. The number of hydrogen-bond donors (Lipinski definition) is 2. The Morgan fingerprint density at radius 1 is 0.757 bits per heavy atom. The standard InChI is InChI=1S/C31H21N3O2S/c35-29(23-15-13-21(14-16-23)20-7-2-1-3-8-20)34-31(37)32-24-17-18-28-27(19-24)33-30(36-28)26-12-6-10-22-9-4-5-11-25(22)26/h1-19H,(H2,32,34,35,37). The van der Waals surface area contributed by atoms with E-state index in [9.17, 15) is 4.79 Å². The zero-order valence-electron chi connectivity index (χ0n) is 19.6. The van der Waals surface area contributed by atoms with Crippen molar-refractivity contribution in [2.45, 2.75) is 0 Å². The second kappa shape index (κ2) is 9.68. The molecule has 0 fully saturated rings. The molecule has 178 valence electrons. The van der Waals surface area contributed by atoms with E-state index in [2.05, 4.69) is 28.8 Å². The van der Waals surface area contributed by atoms with Gasteiger partial charge in [0.2, 0.25) is 5.89 Å². The topological polar surface area (TPSA) is 67.2 Å². The summed E-state index contributed by atoms with van der Waals surface area (Å²) in [5.74, 6) is 0.275. The van der Waals surface area contributed by atoms with Gasteiger partial charge in [0, 0.05) is 16.8 Å². The van der Waals surface area contributed by atoms with E-state index in [0.29, 0.717) is 28.2 Å². The molecule has 6 rings (SSSR count). The highest BCUT2D eigenvalue weighted by Crippen LogP contribution is 2.31. The number of anilines is 1. The monoisotopic (exact) mass is 499 g/mol. The summed E-state index contributed by atoms with van der Waals surface area (Å²) in [6.45, 7) is 0. The first-order valence-corrected chi connectivity index (χ1v) is 12.2. The highest BCUT2D eigenvalue weighted by molar-refractivity contribution is 7.80. The molecule has 6 heteroatoms. The van der Waals surface area contributed by atoms with Gasteiger partial charge in [0.05, 0.1) is 0 Å². The molecule has 5 aromatic carbocycles. The van der Waals surface area contributed by atoms with Crippen molar-refractivity contribution in [3.63, 3.8) is 0 Å². The molecular formula is C31H21N3O2S. The molecule has 0 aliphatic carbocycles. The Morgan fingerprint density at radius 2 is 1.49 bits per heavy atom. The van der Waals surface area contributed by atoms with E-state index in [1.165, 1.54) is 0 Å². The number of nitrogens with one attached hydrogen (secondary N) is 2. The van der Waals surface area contributed by atoms with Gasteiger partial charge in [-0.3, -0.25) is 10.1 Å². The number of carbonyl (C=O) groups is 1. The minimum atomic E-state index is -0.280. The maximum Gasteiger partial charge on any atom is 0.257 e. The van der Waals surface area contributed by atoms with Crippen molar-refractivity contribution in [2.24, 2.45) is 0 Å². The predicted octanol–water partition coefficient (Wildman–Crippen LogP) is 7.44. The van der Waals surface area contributed by atoms with Crippen LogP contribution in [0.2, 0.25) is 0 Å². The molecule has 0 radical (unpaired) electrons. The number of benzene rings is 5. The maximum absolute atomic E-state index is 12.7. The van der Waals surface area contributed by atoms with Gasteiger partial charge < -0.3 is 9.73 Å². The molecule has 0 unspecified atom stereocenters. The highest BCUT2D eigenvalue weighted by atomic mass is 32.1. The van der Waals surface area contributed by atoms with Crippen molar-refractivity contribution < 1.29 is 9.21 Å². The number of nitrogens with zero attached hydrogens (tertiary/aromatic N) is 1. The fourth-order valence-electron chi connectivity index (χ4n) is 4.31. The summed E-state index contributed by atoms with van der Waals surface area (Å²) in [6, 6.07) is 37.2. The molecule has 1 amide bonds. The lowest BCUT2D eigenvalue weighted by molar-refractivity contribution is 0.0977. The van der Waals surface area contributed by atoms with Crippen LogP contribution in [-0.2, 0) is 0 Å². The Morgan fingerprint density at radius 3 is 2.32 bits per heavy atom. The number of thiocarbonyl (C=S) groups is 1. The van der Waals surface area contributed by atoms with Gasteiger partial charge in [-0.2, -0.15) is 0 Å². The molecule has 1 aromatic heterocycles. The van der Waals surface area contributed by atoms with Crippen LogP contribution in [0.3, 0.4) is 0 Å². The fourth-order valence-corrected chi connectivity index (χ4v) is 4.53. The lowest BCUT2D eigenvalue weighted by Gasteiger charge is -2.10. The minimum absolute atomic E-state index is 0.203. The Hall–Kier alpha value is -4.81. The Bertz CT molecular complexity index is 1750. The number of aromatic nitrogens is 1. The molecule has 0 atom stereocenters. The van der Waals surface area contributed by atoms with Crippen molar-refractivity contribution >= 4 is 50.8 Å². The predicted molar refractivity (Wildman–Crippen MR) is 153 cm³/mol. The molecule has 6 aromatic rings. The second-order valence-corrected chi connectivity index (χ2v) is 8.99. The number of fused-ring (bicyclic) bond motifs is 2. The summed E-state index contributed by atoms with van der Waals surface area (Å²) < 4.78 is 6.04. The number of oxazole rings is 1. The average molecular weight is 500 g/mol. The smallest absolute Gasteiger partial charge is 0.257 e. The Balaban J connectivity index is 1.16. The van der Waals surface area contributed by atoms with Gasteiger partial charge in [0.1, 0.15) is 5.52 Å². The first-order valence-electron chi connectivity index (χ1n) is 11.8. The number of carbonyl (C=O) groups excluding carboxylic acids is 1. The summed E-state index contributed by atoms with van der Waals surface area (Å²) in [5.41, 5.74) is 5.66. The third-order valence-electron chi connectivity index (χ3n) is 6.15. The normalized spacial score (nSPS) is 10.9. The van der Waals surface area contributed by atoms with Gasteiger partial charge in [-0.1, -0.05) is 78.9 Å². The molecule has 0 aliphatic rings. The first-order chi connectivity index (χ1) is 18.1. The van der Waals surface area contributed by atoms with E-state index in [-0.39, 0.29) is 11.0 Å². The lowest BCUT2D eigenvalue weighted by Crippen LogP contribution is -2.34. The molecule has 5 nitrogen and oxygen atoms in total. The summed E-state index contributed by atoms with van der Waals surface area (Å²) in [7, 11) is 0. The van der Waals surface area contributed by atoms with Gasteiger partial charge in [-0.25, -0.2) is 4.98 Å². The van der Waals surface area contributed by atoms with Gasteiger partial charge in [0.25, 0.3) is 5.91 Å². The first kappa shape index (κ1) is 22.6. The second-order valence-electron chi connectivity index (χ2n) is 8.58. The Kier molecular flexibility index (Phi) is 5.92. The zero-order chi connectivity index (χ0) is 25.2. The summed E-state index contributed by atoms with van der Waals surface area (Å²) in [5, 5.41) is 8.22. The molecule has 0 bridgehead atoms. The van der Waals surface area contributed by atoms with E-state index in [4.69, 9.17) is 21.6 Å². The molecular weight excluding hydrogens is 478 g/mol. The molecule has 0 saturated carbocycles. The quantitative estimate of drug-likeness (QED) is 0.247. The summed E-state index contributed by atoms with van der Waals surface area (Å²) in [6.07, 6.45) is 0. The van der Waals surface area contributed by atoms with E-state index < -0.39 is 0 Å². The van der Waals surface area contributed by atoms with E-state index >= 15 is 0 Å². The van der Waals surface area contributed by atoms with Gasteiger partial charge in [0.15, 0.2) is 10.7 Å². The molecule has 0 aliphatic heterocycles. The van der Waals surface area contributed by atoms with Crippen molar-refractivity contribution in [1.82, 2.24) is 10.3 Å². The average Bonchev–Trinajstić information content (AvgIpc) is 3.36. The van der Waals surface area contributed by atoms with Crippen LogP contribution >= 0.6 is 12.2 Å². The number of hydrogen-bond acceptors (Lipinski definition) is 4. The van der Waals surface area contributed by atoms with Crippen LogP contribution < -0.4 is 10.6 Å². The van der Waals surface area contributed by atoms with E-state index in [0.717, 1.165) is 27.5 Å². The van der Waals surface area contributed by atoms with Crippen molar-refractivity contribution in [3.05, 3.63) is 121 Å². The highest BCUT2D eigenvalue weighted by Gasteiger charge is 2.13. The van der Waals surface area contributed by atoms with E-state index in [1.54, 1.807) is 12.1 Å². The van der Waals surface area contributed by atoms with Crippen molar-refractivity contribution in [2.75, 3.05) is 5.32 Å². The third-order valence-corrected chi connectivity index (χ3v) is 6.35. The molecule has 1 heterocycles. The van der Waals surface area contributed by atoms with Crippen LogP contribution in [0.4, 0.5) is 5.69 Å². The Labute approximate surface area is 218 Å². The van der Waals surface area contributed by atoms with Crippen LogP contribution in [0.25, 0.3) is 44.5 Å². The van der Waals surface area contributed by atoms with Crippen LogP contribution in [-0.4, -0.2) is 16.0 Å². The van der Waals surface area contributed by atoms with Gasteiger partial charge in [-0.05, 0) is 70.5 Å². The zero-order valence-corrected chi connectivity index (χ0v) is 20.5. The molecule has 0 spiro atoms. The van der Waals surface area contributed by atoms with Crippen LogP contribution in [0.5, 0.6) is 0 Å². The van der Waals surface area contributed by atoms with Crippen molar-refractivity contribution in [3.8, 4) is 22.6 Å². The van der Waals surface area contributed by atoms with Crippen LogP contribution in [0.1, 0.15) is 10.4 Å². The third kappa shape index (κ3) is 4.70. The minimum Gasteiger partial charge on any atom is -0.436 e. The van der Waals surface area contributed by atoms with Gasteiger partial charge >= 0.3 is 0 Å². The molecule has 37 heavy (non-hydrogen) atoms. The fraction of sp³-hybridized carbons (Fsp3) is 0. The largest absolute Gasteiger partial charge is 0.436 e. The number of amides is 1. The van der Waals surface area contributed by atoms with Crippen LogP contribution in [0.15, 0.2) is 120 Å². The molecule has 0 saturated heterocycles. The van der Waals surface area contributed by atoms with Crippen molar-refractivity contribution in [1.29, 1.82) is 0 Å². The lowest BCUT2D eigenvalue weighted by atomic mass is 10.0.